The Balaban J connectivity index is 1.65. The molecule has 8 heteroatoms. The summed E-state index contributed by atoms with van der Waals surface area (Å²) in [6.45, 7) is 6.64. The quantitative estimate of drug-likeness (QED) is 0.847. The topological polar surface area (TPSA) is 67.2 Å². The van der Waals surface area contributed by atoms with Crippen LogP contribution in [0.4, 0.5) is 10.1 Å². The third-order valence-electron chi connectivity index (χ3n) is 4.80. The lowest BCUT2D eigenvalue weighted by Gasteiger charge is -2.33. The molecule has 0 aliphatic carbocycles. The van der Waals surface area contributed by atoms with Gasteiger partial charge in [-0.2, -0.15) is 5.10 Å². The molecule has 3 rings (SSSR count). The van der Waals surface area contributed by atoms with Gasteiger partial charge in [0.05, 0.1) is 23.0 Å². The van der Waals surface area contributed by atoms with Crippen molar-refractivity contribution in [2.24, 2.45) is 0 Å². The van der Waals surface area contributed by atoms with Crippen LogP contribution in [0, 0.1) is 5.82 Å². The Labute approximate surface area is 168 Å². The Hall–Kier alpha value is -2.41. The van der Waals surface area contributed by atoms with E-state index in [4.69, 9.17) is 11.6 Å². The van der Waals surface area contributed by atoms with E-state index in [2.05, 4.69) is 10.4 Å². The number of hydrogen-bond donors (Lipinski definition) is 1. The highest BCUT2D eigenvalue weighted by Gasteiger charge is 2.26. The zero-order valence-electron chi connectivity index (χ0n) is 16.2. The molecule has 0 unspecified atom stereocenters. The van der Waals surface area contributed by atoms with Crippen LogP contribution in [0.5, 0.6) is 0 Å². The molecule has 1 fully saturated rings. The molecule has 1 aromatic heterocycles. The number of hydrogen-bond acceptors (Lipinski definition) is 4. The molecule has 1 N–H and O–H groups in total. The summed E-state index contributed by atoms with van der Waals surface area (Å²) >= 11 is 6.26. The zero-order valence-corrected chi connectivity index (χ0v) is 17.0. The van der Waals surface area contributed by atoms with E-state index in [0.717, 1.165) is 0 Å². The molecule has 28 heavy (non-hydrogen) atoms. The van der Waals surface area contributed by atoms with Crippen molar-refractivity contribution in [1.29, 1.82) is 0 Å². The van der Waals surface area contributed by atoms with Gasteiger partial charge in [0.25, 0.3) is 11.5 Å². The van der Waals surface area contributed by atoms with E-state index in [9.17, 15) is 14.0 Å². The molecule has 1 amide bonds. The SMILES string of the molecule is CC(C)(C)n1ncc(NC2CCN(C(=O)c3ccccc3F)CC2)c(Cl)c1=O. The smallest absolute Gasteiger partial charge is 0.288 e. The van der Waals surface area contributed by atoms with Gasteiger partial charge in [0.2, 0.25) is 0 Å². The van der Waals surface area contributed by atoms with Crippen molar-refractivity contribution in [3.8, 4) is 0 Å². The first-order chi connectivity index (χ1) is 13.2. The molecule has 1 saturated heterocycles. The van der Waals surface area contributed by atoms with Crippen LogP contribution in [0.15, 0.2) is 35.3 Å². The second kappa shape index (κ2) is 7.91. The van der Waals surface area contributed by atoms with Gasteiger partial charge in [0, 0.05) is 19.1 Å². The molecular formula is C20H24ClFN4O2. The van der Waals surface area contributed by atoms with Crippen molar-refractivity contribution < 1.29 is 9.18 Å². The molecule has 1 aromatic carbocycles. The summed E-state index contributed by atoms with van der Waals surface area (Å²) in [5.74, 6) is -0.811. The van der Waals surface area contributed by atoms with E-state index in [0.29, 0.717) is 31.6 Å². The number of amides is 1. The fraction of sp³-hybridized carbons (Fsp3) is 0.450. The maximum Gasteiger partial charge on any atom is 0.288 e. The number of rotatable bonds is 3. The number of piperidine rings is 1. The molecule has 0 atom stereocenters. The van der Waals surface area contributed by atoms with E-state index in [1.807, 2.05) is 20.8 Å². The molecular weight excluding hydrogens is 383 g/mol. The van der Waals surface area contributed by atoms with Crippen molar-refractivity contribution in [1.82, 2.24) is 14.7 Å². The van der Waals surface area contributed by atoms with Crippen LogP contribution in [-0.2, 0) is 5.54 Å². The Morgan fingerprint density at radius 1 is 1.25 bits per heavy atom. The number of halogens is 2. The summed E-state index contributed by atoms with van der Waals surface area (Å²) in [6.07, 6.45) is 2.89. The van der Waals surface area contributed by atoms with Crippen molar-refractivity contribution in [2.75, 3.05) is 18.4 Å². The molecule has 2 heterocycles. The number of carbonyl (C=O) groups is 1. The first kappa shape index (κ1) is 20.3. The van der Waals surface area contributed by atoms with Crippen LogP contribution in [0.1, 0.15) is 44.0 Å². The maximum absolute atomic E-state index is 13.8. The molecule has 2 aromatic rings. The first-order valence-electron chi connectivity index (χ1n) is 9.27. The van der Waals surface area contributed by atoms with Crippen LogP contribution in [-0.4, -0.2) is 39.7 Å². The van der Waals surface area contributed by atoms with E-state index in [1.165, 1.54) is 16.8 Å². The lowest BCUT2D eigenvalue weighted by Crippen LogP contribution is -2.43. The first-order valence-corrected chi connectivity index (χ1v) is 9.65. The van der Waals surface area contributed by atoms with E-state index < -0.39 is 11.4 Å². The predicted molar refractivity (Wildman–Crippen MR) is 107 cm³/mol. The summed E-state index contributed by atoms with van der Waals surface area (Å²) in [4.78, 5) is 26.6. The minimum absolute atomic E-state index is 0.0499. The Morgan fingerprint density at radius 2 is 1.89 bits per heavy atom. The van der Waals surface area contributed by atoms with Crippen molar-refractivity contribution in [3.63, 3.8) is 0 Å². The van der Waals surface area contributed by atoms with E-state index >= 15 is 0 Å². The number of nitrogens with one attached hydrogen (secondary N) is 1. The van der Waals surface area contributed by atoms with Gasteiger partial charge in [-0.3, -0.25) is 9.59 Å². The third kappa shape index (κ3) is 4.19. The van der Waals surface area contributed by atoms with Gasteiger partial charge in [-0.1, -0.05) is 23.7 Å². The number of carbonyl (C=O) groups excluding carboxylic acids is 1. The molecule has 1 aliphatic heterocycles. The molecule has 0 bridgehead atoms. The highest BCUT2D eigenvalue weighted by Crippen LogP contribution is 2.23. The number of anilines is 1. The van der Waals surface area contributed by atoms with Crippen molar-refractivity contribution in [2.45, 2.75) is 45.2 Å². The fourth-order valence-electron chi connectivity index (χ4n) is 3.26. The number of benzene rings is 1. The fourth-order valence-corrected chi connectivity index (χ4v) is 3.45. The Bertz CT molecular complexity index is 931. The average Bonchev–Trinajstić information content (AvgIpc) is 2.65. The molecule has 0 radical (unpaired) electrons. The van der Waals surface area contributed by atoms with Crippen LogP contribution in [0.2, 0.25) is 5.02 Å². The predicted octanol–water partition coefficient (Wildman–Crippen LogP) is 3.51. The van der Waals surface area contributed by atoms with Crippen LogP contribution in [0.25, 0.3) is 0 Å². The second-order valence-corrected chi connectivity index (χ2v) is 8.33. The molecule has 150 valence electrons. The summed E-state index contributed by atoms with van der Waals surface area (Å²) in [5, 5.41) is 7.59. The monoisotopic (exact) mass is 406 g/mol. The van der Waals surface area contributed by atoms with Crippen molar-refractivity contribution >= 4 is 23.2 Å². The van der Waals surface area contributed by atoms with Gasteiger partial charge in [-0.15, -0.1) is 0 Å². The van der Waals surface area contributed by atoms with Gasteiger partial charge in [0.15, 0.2) is 0 Å². The molecule has 0 spiro atoms. The minimum atomic E-state index is -0.509. The summed E-state index contributed by atoms with van der Waals surface area (Å²) in [5.41, 5.74) is -0.221. The standard InChI is InChI=1S/C20H24ClFN4O2/c1-20(2,3)26-19(28)17(21)16(12-23-26)24-13-8-10-25(11-9-13)18(27)14-6-4-5-7-15(14)22/h4-7,12-13,24H,8-11H2,1-3H3. The summed E-state index contributed by atoms with van der Waals surface area (Å²) in [7, 11) is 0. The molecule has 1 aliphatic rings. The van der Waals surface area contributed by atoms with E-state index in [1.54, 1.807) is 23.2 Å². The maximum atomic E-state index is 13.8. The van der Waals surface area contributed by atoms with Gasteiger partial charge < -0.3 is 10.2 Å². The third-order valence-corrected chi connectivity index (χ3v) is 5.17. The lowest BCUT2D eigenvalue weighted by molar-refractivity contribution is 0.0714. The molecule has 0 saturated carbocycles. The molecule has 6 nitrogen and oxygen atoms in total. The van der Waals surface area contributed by atoms with Gasteiger partial charge in [-0.05, 0) is 45.7 Å². The normalized spacial score (nSPS) is 15.5. The number of likely N-dealkylation sites (tertiary alicyclic amines) is 1. The minimum Gasteiger partial charge on any atom is -0.380 e. The highest BCUT2D eigenvalue weighted by atomic mass is 35.5. The van der Waals surface area contributed by atoms with Crippen LogP contribution >= 0.6 is 11.6 Å². The highest BCUT2D eigenvalue weighted by molar-refractivity contribution is 6.32. The number of nitrogens with zero attached hydrogens (tertiary/aromatic N) is 3. The van der Waals surface area contributed by atoms with Gasteiger partial charge in [0.1, 0.15) is 10.8 Å². The Kier molecular flexibility index (Phi) is 5.74. The van der Waals surface area contributed by atoms with Crippen LogP contribution < -0.4 is 10.9 Å². The summed E-state index contributed by atoms with van der Waals surface area (Å²) < 4.78 is 15.2. The second-order valence-electron chi connectivity index (χ2n) is 7.95. The average molecular weight is 407 g/mol. The lowest BCUT2D eigenvalue weighted by atomic mass is 10.0. The van der Waals surface area contributed by atoms with Gasteiger partial charge >= 0.3 is 0 Å². The van der Waals surface area contributed by atoms with Crippen LogP contribution in [0.3, 0.4) is 0 Å². The zero-order chi connectivity index (χ0) is 20.5. The largest absolute Gasteiger partial charge is 0.380 e. The number of aromatic nitrogens is 2. The Morgan fingerprint density at radius 3 is 2.50 bits per heavy atom. The summed E-state index contributed by atoms with van der Waals surface area (Å²) in [6, 6.07) is 6.05. The van der Waals surface area contributed by atoms with Crippen molar-refractivity contribution in [3.05, 3.63) is 57.2 Å². The van der Waals surface area contributed by atoms with E-state index in [-0.39, 0.29) is 28.1 Å². The van der Waals surface area contributed by atoms with Gasteiger partial charge in [-0.25, -0.2) is 9.07 Å².